The van der Waals surface area contributed by atoms with Crippen LogP contribution < -0.4 is 16.4 Å². The second-order valence-corrected chi connectivity index (χ2v) is 11.3. The monoisotopic (exact) mass is 488 g/mol. The number of benzene rings is 1. The van der Waals surface area contributed by atoms with Crippen molar-refractivity contribution in [3.8, 4) is 0 Å². The van der Waals surface area contributed by atoms with E-state index in [1.54, 1.807) is 20.8 Å². The molecule has 9 heteroatoms. The minimum atomic E-state index is -1.26. The number of amides is 4. The van der Waals surface area contributed by atoms with Crippen LogP contribution in [0, 0.1) is 13.8 Å². The Labute approximate surface area is 208 Å². The standard InChI is InChI=1S/C26H40N4O5/c1-15-9-10-17(13-16(15)2)21(22(32)29-25(3,4)5)30(18-11-12-18)23(33)19(14-20(27)31)28-24(34)35-26(6,7)8/h9-10,13,18-19,21H,11-12,14H2,1-8H3,(H2,27,31)(H,28,34)(H,29,32). The number of nitrogens with zero attached hydrogens (tertiary/aromatic N) is 1. The third kappa shape index (κ3) is 8.56. The highest BCUT2D eigenvalue weighted by Crippen LogP contribution is 2.36. The van der Waals surface area contributed by atoms with E-state index in [1.165, 1.54) is 4.90 Å². The number of nitrogens with two attached hydrogens (primary N) is 1. The molecule has 194 valence electrons. The highest BCUT2D eigenvalue weighted by Gasteiger charge is 2.45. The van der Waals surface area contributed by atoms with Crippen LogP contribution in [0.2, 0.25) is 0 Å². The summed E-state index contributed by atoms with van der Waals surface area (Å²) in [5.74, 6) is -1.64. The molecule has 35 heavy (non-hydrogen) atoms. The van der Waals surface area contributed by atoms with E-state index in [-0.39, 0.29) is 11.9 Å². The molecule has 1 saturated carbocycles. The van der Waals surface area contributed by atoms with Gasteiger partial charge in [-0.25, -0.2) is 4.79 Å². The van der Waals surface area contributed by atoms with E-state index < -0.39 is 47.6 Å². The largest absolute Gasteiger partial charge is 0.444 e. The summed E-state index contributed by atoms with van der Waals surface area (Å²) < 4.78 is 5.29. The molecule has 1 aliphatic rings. The molecule has 0 spiro atoms. The number of alkyl carbamates (subject to hydrolysis) is 1. The van der Waals surface area contributed by atoms with E-state index in [2.05, 4.69) is 10.6 Å². The van der Waals surface area contributed by atoms with Crippen LogP contribution >= 0.6 is 0 Å². The SMILES string of the molecule is Cc1ccc(C(C(=O)NC(C)(C)C)N(C(=O)C(CC(N)=O)NC(=O)OC(C)(C)C)C2CC2)cc1C. The van der Waals surface area contributed by atoms with Gasteiger partial charge in [-0.15, -0.1) is 0 Å². The van der Waals surface area contributed by atoms with Crippen LogP contribution in [-0.2, 0) is 19.1 Å². The van der Waals surface area contributed by atoms with E-state index >= 15 is 0 Å². The van der Waals surface area contributed by atoms with Gasteiger partial charge in [-0.2, -0.15) is 0 Å². The first kappa shape index (κ1) is 28.1. The van der Waals surface area contributed by atoms with Crippen molar-refractivity contribution in [2.24, 2.45) is 5.73 Å². The topological polar surface area (TPSA) is 131 Å². The van der Waals surface area contributed by atoms with E-state index in [0.29, 0.717) is 18.4 Å². The second kappa shape index (κ2) is 10.7. The average Bonchev–Trinajstić information content (AvgIpc) is 3.49. The third-order valence-electron chi connectivity index (χ3n) is 5.46. The fourth-order valence-corrected chi connectivity index (χ4v) is 3.71. The van der Waals surface area contributed by atoms with Crippen LogP contribution in [0.15, 0.2) is 18.2 Å². The number of carbonyl (C=O) groups is 4. The van der Waals surface area contributed by atoms with Gasteiger partial charge in [-0.3, -0.25) is 14.4 Å². The molecule has 0 heterocycles. The zero-order chi connectivity index (χ0) is 26.7. The van der Waals surface area contributed by atoms with Crippen molar-refractivity contribution in [1.82, 2.24) is 15.5 Å². The fourth-order valence-electron chi connectivity index (χ4n) is 3.71. The predicted molar refractivity (Wildman–Crippen MR) is 133 cm³/mol. The Morgan fingerprint density at radius 1 is 1.06 bits per heavy atom. The quantitative estimate of drug-likeness (QED) is 0.518. The van der Waals surface area contributed by atoms with Gasteiger partial charge in [0.1, 0.15) is 17.7 Å². The zero-order valence-corrected chi connectivity index (χ0v) is 22.2. The minimum Gasteiger partial charge on any atom is -0.444 e. The Bertz CT molecular complexity index is 973. The van der Waals surface area contributed by atoms with Crippen LogP contribution in [0.4, 0.5) is 4.79 Å². The molecule has 0 saturated heterocycles. The summed E-state index contributed by atoms with van der Waals surface area (Å²) in [5, 5.41) is 5.48. The second-order valence-electron chi connectivity index (χ2n) is 11.3. The Kier molecular flexibility index (Phi) is 8.57. The van der Waals surface area contributed by atoms with Crippen LogP contribution in [-0.4, -0.2) is 51.9 Å². The lowest BCUT2D eigenvalue weighted by Crippen LogP contribution is -2.56. The van der Waals surface area contributed by atoms with Crippen molar-refractivity contribution >= 4 is 23.8 Å². The van der Waals surface area contributed by atoms with Crippen LogP contribution in [0.3, 0.4) is 0 Å². The van der Waals surface area contributed by atoms with E-state index in [9.17, 15) is 19.2 Å². The molecular weight excluding hydrogens is 448 g/mol. The summed E-state index contributed by atoms with van der Waals surface area (Å²) >= 11 is 0. The van der Waals surface area contributed by atoms with E-state index in [0.717, 1.165) is 11.1 Å². The van der Waals surface area contributed by atoms with Crippen LogP contribution in [0.5, 0.6) is 0 Å². The maximum Gasteiger partial charge on any atom is 0.408 e. The van der Waals surface area contributed by atoms with Gasteiger partial charge in [0.2, 0.25) is 17.7 Å². The number of primary amides is 1. The highest BCUT2D eigenvalue weighted by molar-refractivity contribution is 5.95. The molecule has 1 aliphatic carbocycles. The average molecular weight is 489 g/mol. The maximum atomic E-state index is 13.9. The van der Waals surface area contributed by atoms with Gasteiger partial charge in [-0.05, 0) is 84.9 Å². The molecule has 1 aromatic rings. The van der Waals surface area contributed by atoms with Gasteiger partial charge in [0.25, 0.3) is 0 Å². The van der Waals surface area contributed by atoms with Crippen LogP contribution in [0.25, 0.3) is 0 Å². The number of nitrogens with one attached hydrogen (secondary N) is 2. The molecule has 9 nitrogen and oxygen atoms in total. The summed E-state index contributed by atoms with van der Waals surface area (Å²) in [4.78, 5) is 53.2. The molecule has 4 amide bonds. The number of rotatable bonds is 8. The third-order valence-corrected chi connectivity index (χ3v) is 5.46. The van der Waals surface area contributed by atoms with Gasteiger partial charge in [0, 0.05) is 11.6 Å². The zero-order valence-electron chi connectivity index (χ0n) is 22.2. The lowest BCUT2D eigenvalue weighted by Gasteiger charge is -2.36. The Hall–Kier alpha value is -3.10. The molecular formula is C26H40N4O5. The Morgan fingerprint density at radius 3 is 2.11 bits per heavy atom. The fraction of sp³-hybridized carbons (Fsp3) is 0.615. The molecule has 0 radical (unpaired) electrons. The molecule has 2 atom stereocenters. The maximum absolute atomic E-state index is 13.9. The Morgan fingerprint density at radius 2 is 1.66 bits per heavy atom. The molecule has 0 aliphatic heterocycles. The number of aryl methyl sites for hydroxylation is 2. The lowest BCUT2D eigenvalue weighted by atomic mass is 9.97. The summed E-state index contributed by atoms with van der Waals surface area (Å²) in [6.07, 6.45) is 0.175. The molecule has 2 unspecified atom stereocenters. The van der Waals surface area contributed by atoms with E-state index in [4.69, 9.17) is 10.5 Å². The van der Waals surface area contributed by atoms with Crippen LogP contribution in [0.1, 0.15) is 83.5 Å². The normalized spacial score (nSPS) is 15.5. The van der Waals surface area contributed by atoms with Gasteiger partial charge < -0.3 is 26.0 Å². The molecule has 1 aromatic carbocycles. The molecule has 1 fully saturated rings. The van der Waals surface area contributed by atoms with Crippen molar-refractivity contribution in [3.63, 3.8) is 0 Å². The predicted octanol–water partition coefficient (Wildman–Crippen LogP) is 3.02. The number of hydrogen-bond acceptors (Lipinski definition) is 5. The first-order valence-electron chi connectivity index (χ1n) is 12.0. The molecule has 0 aromatic heterocycles. The molecule has 4 N–H and O–H groups in total. The smallest absolute Gasteiger partial charge is 0.408 e. The molecule has 0 bridgehead atoms. The number of hydrogen-bond donors (Lipinski definition) is 3. The number of ether oxygens (including phenoxy) is 1. The summed E-state index contributed by atoms with van der Waals surface area (Å²) in [7, 11) is 0. The highest BCUT2D eigenvalue weighted by atomic mass is 16.6. The van der Waals surface area contributed by atoms with Crippen molar-refractivity contribution in [2.75, 3.05) is 0 Å². The molecule has 2 rings (SSSR count). The first-order valence-corrected chi connectivity index (χ1v) is 12.0. The summed E-state index contributed by atoms with van der Waals surface area (Å²) in [5.41, 5.74) is 6.79. The van der Waals surface area contributed by atoms with E-state index in [1.807, 2.05) is 52.8 Å². The lowest BCUT2D eigenvalue weighted by molar-refractivity contribution is -0.144. The van der Waals surface area contributed by atoms with Gasteiger partial charge in [-0.1, -0.05) is 18.2 Å². The van der Waals surface area contributed by atoms with Crippen molar-refractivity contribution in [2.45, 2.75) is 104 Å². The van der Waals surface area contributed by atoms with Crippen molar-refractivity contribution < 1.29 is 23.9 Å². The summed E-state index contributed by atoms with van der Waals surface area (Å²) in [6.45, 7) is 14.6. The summed E-state index contributed by atoms with van der Waals surface area (Å²) in [6, 6.07) is 3.24. The number of carbonyl (C=O) groups excluding carboxylic acids is 4. The Balaban J connectivity index is 2.50. The van der Waals surface area contributed by atoms with Crippen molar-refractivity contribution in [3.05, 3.63) is 34.9 Å². The first-order chi connectivity index (χ1) is 16.0. The van der Waals surface area contributed by atoms with Gasteiger partial charge >= 0.3 is 6.09 Å². The van der Waals surface area contributed by atoms with Gasteiger partial charge in [0.15, 0.2) is 0 Å². The van der Waals surface area contributed by atoms with Gasteiger partial charge in [0.05, 0.1) is 6.42 Å². The minimum absolute atomic E-state index is 0.198. The van der Waals surface area contributed by atoms with Crippen molar-refractivity contribution in [1.29, 1.82) is 0 Å².